The van der Waals surface area contributed by atoms with Crippen LogP contribution in [0.15, 0.2) is 0 Å². The maximum atomic E-state index is 12.8. The number of ether oxygens (including phenoxy) is 1. The Balaban J connectivity index is 2.53. The molecule has 0 aromatic rings. The second-order valence-corrected chi connectivity index (χ2v) is 2.72. The van der Waals surface area contributed by atoms with Crippen LogP contribution >= 0.6 is 0 Å². The number of aliphatic hydroxyl groups is 1. The highest BCUT2D eigenvalue weighted by Crippen LogP contribution is 2.25. The lowest BCUT2D eigenvalue weighted by Gasteiger charge is -2.09. The summed E-state index contributed by atoms with van der Waals surface area (Å²) in [4.78, 5) is 0. The average molecular weight is 148 g/mol. The molecule has 1 N–H and O–H groups in total. The maximum Gasteiger partial charge on any atom is 0.154 e. The van der Waals surface area contributed by atoms with Crippen molar-refractivity contribution < 1.29 is 14.2 Å². The van der Waals surface area contributed by atoms with Crippen molar-refractivity contribution in [2.45, 2.75) is 44.8 Å². The van der Waals surface area contributed by atoms with E-state index < -0.39 is 18.4 Å². The molecule has 2 nitrogen and oxygen atoms in total. The molecule has 60 valence electrons. The zero-order chi connectivity index (χ0) is 7.72. The molecule has 0 radical (unpaired) electrons. The Hall–Kier alpha value is -0.150. The van der Waals surface area contributed by atoms with Gasteiger partial charge in [0.15, 0.2) is 6.17 Å². The van der Waals surface area contributed by atoms with Crippen molar-refractivity contribution >= 4 is 0 Å². The molecule has 1 fully saturated rings. The highest BCUT2D eigenvalue weighted by Gasteiger charge is 2.40. The smallest absolute Gasteiger partial charge is 0.154 e. The summed E-state index contributed by atoms with van der Waals surface area (Å²) in [6.45, 7) is 3.52. The maximum absolute atomic E-state index is 12.8. The first kappa shape index (κ1) is 7.95. The van der Waals surface area contributed by atoms with Crippen LogP contribution in [0, 0.1) is 0 Å². The zero-order valence-electron chi connectivity index (χ0n) is 6.25. The minimum Gasteiger partial charge on any atom is -0.387 e. The summed E-state index contributed by atoms with van der Waals surface area (Å²) < 4.78 is 17.9. The van der Waals surface area contributed by atoms with E-state index in [0.29, 0.717) is 6.42 Å². The third-order valence-corrected chi connectivity index (χ3v) is 1.95. The number of hydrogen-bond donors (Lipinski definition) is 1. The van der Waals surface area contributed by atoms with E-state index in [1.807, 2.05) is 6.92 Å². The van der Waals surface area contributed by atoms with Crippen LogP contribution in [-0.4, -0.2) is 29.6 Å². The molecule has 0 spiro atoms. The van der Waals surface area contributed by atoms with Crippen LogP contribution < -0.4 is 0 Å². The monoisotopic (exact) mass is 148 g/mol. The Kier molecular flexibility index (Phi) is 2.26. The standard InChI is InChI=1S/C7H13FO2/c1-3-5-7(9)6(8)4(2)10-5/h4-7,9H,3H2,1-2H3/t4-,5+,6-,7+/m0/s1. The molecule has 0 aromatic carbocycles. The van der Waals surface area contributed by atoms with Gasteiger partial charge in [-0.2, -0.15) is 0 Å². The van der Waals surface area contributed by atoms with Crippen LogP contribution in [0.5, 0.6) is 0 Å². The Bertz CT molecular complexity index is 118. The summed E-state index contributed by atoms with van der Waals surface area (Å²) in [6.07, 6.45) is -2.19. The van der Waals surface area contributed by atoms with Gasteiger partial charge < -0.3 is 9.84 Å². The Morgan fingerprint density at radius 2 is 2.20 bits per heavy atom. The minimum absolute atomic E-state index is 0.301. The van der Waals surface area contributed by atoms with Gasteiger partial charge in [0.1, 0.15) is 6.10 Å². The zero-order valence-corrected chi connectivity index (χ0v) is 6.25. The van der Waals surface area contributed by atoms with Crippen LogP contribution in [0.4, 0.5) is 4.39 Å². The molecule has 1 aliphatic heterocycles. The van der Waals surface area contributed by atoms with Crippen molar-refractivity contribution in [3.63, 3.8) is 0 Å². The molecule has 0 aromatic heterocycles. The molecule has 1 aliphatic rings. The van der Waals surface area contributed by atoms with Gasteiger partial charge in [-0.15, -0.1) is 0 Å². The molecule has 0 amide bonds. The van der Waals surface area contributed by atoms with E-state index in [1.165, 1.54) is 0 Å². The predicted molar refractivity (Wildman–Crippen MR) is 35.5 cm³/mol. The van der Waals surface area contributed by atoms with Gasteiger partial charge in [-0.25, -0.2) is 4.39 Å². The fraction of sp³-hybridized carbons (Fsp3) is 1.00. The molecular formula is C7H13FO2. The van der Waals surface area contributed by atoms with E-state index in [0.717, 1.165) is 0 Å². The second kappa shape index (κ2) is 2.84. The Labute approximate surface area is 60.0 Å². The van der Waals surface area contributed by atoms with Crippen molar-refractivity contribution in [2.24, 2.45) is 0 Å². The highest BCUT2D eigenvalue weighted by molar-refractivity contribution is 4.87. The van der Waals surface area contributed by atoms with Crippen LogP contribution in [0.1, 0.15) is 20.3 Å². The molecule has 10 heavy (non-hydrogen) atoms. The van der Waals surface area contributed by atoms with Crippen LogP contribution in [0.3, 0.4) is 0 Å². The first-order valence-corrected chi connectivity index (χ1v) is 3.64. The average Bonchev–Trinajstić information content (AvgIpc) is 2.17. The lowest BCUT2D eigenvalue weighted by Crippen LogP contribution is -2.27. The van der Waals surface area contributed by atoms with E-state index in [4.69, 9.17) is 9.84 Å². The third-order valence-electron chi connectivity index (χ3n) is 1.95. The fourth-order valence-corrected chi connectivity index (χ4v) is 1.25. The number of alkyl halides is 1. The van der Waals surface area contributed by atoms with Gasteiger partial charge in [-0.3, -0.25) is 0 Å². The van der Waals surface area contributed by atoms with E-state index in [-0.39, 0.29) is 6.10 Å². The van der Waals surface area contributed by atoms with Crippen molar-refractivity contribution in [2.75, 3.05) is 0 Å². The summed E-state index contributed by atoms with van der Waals surface area (Å²) >= 11 is 0. The molecule has 1 rings (SSSR count). The molecular weight excluding hydrogens is 135 g/mol. The van der Waals surface area contributed by atoms with Crippen molar-refractivity contribution in [1.29, 1.82) is 0 Å². The topological polar surface area (TPSA) is 29.5 Å². The molecule has 4 atom stereocenters. The van der Waals surface area contributed by atoms with Crippen LogP contribution in [0.2, 0.25) is 0 Å². The van der Waals surface area contributed by atoms with E-state index in [1.54, 1.807) is 6.92 Å². The molecule has 3 heteroatoms. The molecule has 0 unspecified atom stereocenters. The largest absolute Gasteiger partial charge is 0.387 e. The third kappa shape index (κ3) is 1.16. The lowest BCUT2D eigenvalue weighted by molar-refractivity contribution is 0.0144. The van der Waals surface area contributed by atoms with Gasteiger partial charge in [0.05, 0.1) is 12.2 Å². The van der Waals surface area contributed by atoms with Gasteiger partial charge in [-0.1, -0.05) is 6.92 Å². The van der Waals surface area contributed by atoms with Gasteiger partial charge >= 0.3 is 0 Å². The number of aliphatic hydroxyl groups excluding tert-OH is 1. The van der Waals surface area contributed by atoms with Crippen LogP contribution in [0.25, 0.3) is 0 Å². The number of rotatable bonds is 1. The minimum atomic E-state index is -1.20. The molecule has 1 saturated heterocycles. The lowest BCUT2D eigenvalue weighted by atomic mass is 10.1. The predicted octanol–water partition coefficient (Wildman–Crippen LogP) is 0.883. The quantitative estimate of drug-likeness (QED) is 0.598. The van der Waals surface area contributed by atoms with Gasteiger partial charge in [-0.05, 0) is 13.3 Å². The summed E-state index contributed by atoms with van der Waals surface area (Å²) in [5.41, 5.74) is 0. The van der Waals surface area contributed by atoms with Gasteiger partial charge in [0.2, 0.25) is 0 Å². The van der Waals surface area contributed by atoms with E-state index >= 15 is 0 Å². The van der Waals surface area contributed by atoms with Gasteiger partial charge in [0, 0.05) is 0 Å². The molecule has 0 bridgehead atoms. The molecule has 1 heterocycles. The normalized spacial score (nSPS) is 48.0. The Morgan fingerprint density at radius 1 is 1.60 bits per heavy atom. The van der Waals surface area contributed by atoms with Crippen molar-refractivity contribution in [3.05, 3.63) is 0 Å². The molecule has 0 aliphatic carbocycles. The summed E-state index contributed by atoms with van der Waals surface area (Å²) in [5.74, 6) is 0. The first-order chi connectivity index (χ1) is 4.66. The van der Waals surface area contributed by atoms with Crippen LogP contribution in [-0.2, 0) is 4.74 Å². The molecule has 0 saturated carbocycles. The van der Waals surface area contributed by atoms with Gasteiger partial charge in [0.25, 0.3) is 0 Å². The number of hydrogen-bond acceptors (Lipinski definition) is 2. The van der Waals surface area contributed by atoms with Crippen molar-refractivity contribution in [1.82, 2.24) is 0 Å². The first-order valence-electron chi connectivity index (χ1n) is 3.64. The second-order valence-electron chi connectivity index (χ2n) is 2.72. The number of halogens is 1. The summed E-state index contributed by atoms with van der Waals surface area (Å²) in [7, 11) is 0. The fourth-order valence-electron chi connectivity index (χ4n) is 1.25. The summed E-state index contributed by atoms with van der Waals surface area (Å²) in [5, 5.41) is 9.13. The van der Waals surface area contributed by atoms with E-state index in [9.17, 15) is 4.39 Å². The SMILES string of the molecule is CC[C@H]1O[C@@H](C)[C@H](F)[C@@H]1O. The highest BCUT2D eigenvalue weighted by atomic mass is 19.1. The van der Waals surface area contributed by atoms with E-state index in [2.05, 4.69) is 0 Å². The Morgan fingerprint density at radius 3 is 2.40 bits per heavy atom. The summed E-state index contributed by atoms with van der Waals surface area (Å²) in [6, 6.07) is 0. The van der Waals surface area contributed by atoms with Crippen molar-refractivity contribution in [3.8, 4) is 0 Å².